The minimum Gasteiger partial charge on any atom is -0.308 e. The summed E-state index contributed by atoms with van der Waals surface area (Å²) < 4.78 is 0. The van der Waals surface area contributed by atoms with Crippen molar-refractivity contribution in [3.8, 4) is 0 Å². The lowest BCUT2D eigenvalue weighted by atomic mass is 10.2. The fourth-order valence-electron chi connectivity index (χ4n) is 1.54. The van der Waals surface area contributed by atoms with Crippen LogP contribution in [0.25, 0.3) is 0 Å². The van der Waals surface area contributed by atoms with E-state index in [4.69, 9.17) is 0 Å². The quantitative estimate of drug-likeness (QED) is 0.842. The van der Waals surface area contributed by atoms with Gasteiger partial charge in [-0.3, -0.25) is 0 Å². The monoisotopic (exact) mass is 262 g/mol. The summed E-state index contributed by atoms with van der Waals surface area (Å²) in [6.07, 6.45) is 2.55. The smallest absolute Gasteiger partial charge is 0.110 e. The van der Waals surface area contributed by atoms with Crippen LogP contribution in [0, 0.1) is 13.8 Å². The summed E-state index contributed by atoms with van der Waals surface area (Å²) in [7, 11) is 0. The van der Waals surface area contributed by atoms with E-state index in [1.807, 2.05) is 11.3 Å². The Morgan fingerprint density at radius 2 is 2.23 bits per heavy atom. The van der Waals surface area contributed by atoms with Gasteiger partial charge in [0.1, 0.15) is 5.01 Å². The van der Waals surface area contributed by atoms with Gasteiger partial charge in [0.2, 0.25) is 0 Å². The summed E-state index contributed by atoms with van der Waals surface area (Å²) in [4.78, 5) is 5.91. The molecule has 1 aliphatic rings. The molecule has 0 aliphatic carbocycles. The first-order valence-corrected chi connectivity index (χ1v) is 5.26. The molecule has 0 aromatic carbocycles. The third-order valence-electron chi connectivity index (χ3n) is 2.40. The van der Waals surface area contributed by atoms with Crippen molar-refractivity contribution in [2.45, 2.75) is 32.7 Å². The number of aromatic nitrogens is 1. The van der Waals surface area contributed by atoms with Gasteiger partial charge < -0.3 is 5.32 Å². The van der Waals surface area contributed by atoms with Gasteiger partial charge in [-0.2, -0.15) is 0 Å². The van der Waals surface area contributed by atoms with Gasteiger partial charge in [-0.05, 0) is 33.2 Å². The zero-order chi connectivity index (χ0) is 8.55. The molecule has 1 saturated heterocycles. The van der Waals surface area contributed by atoms with Gasteiger partial charge in [-0.25, -0.2) is 4.98 Å². The molecule has 0 amide bonds. The lowest BCUT2D eigenvalue weighted by molar-refractivity contribution is 0.641. The number of hydrogen-bond acceptors (Lipinski definition) is 3. The summed E-state index contributed by atoms with van der Waals surface area (Å²) in [5.41, 5.74) is 1.20. The van der Waals surface area contributed by atoms with Crippen LogP contribution in [0.3, 0.4) is 0 Å². The molecular formula is C9H15BrN2S. The van der Waals surface area contributed by atoms with Gasteiger partial charge >= 0.3 is 0 Å². The van der Waals surface area contributed by atoms with E-state index in [2.05, 4.69) is 24.1 Å². The zero-order valence-electron chi connectivity index (χ0n) is 7.96. The van der Waals surface area contributed by atoms with Crippen molar-refractivity contribution >= 4 is 28.3 Å². The standard InChI is InChI=1S/C9H14N2S.BrH/c1-6-7(2)12-9(11-6)8-4-3-5-10-8;/h8,10H,3-5H2,1-2H3;1H. The van der Waals surface area contributed by atoms with Crippen molar-refractivity contribution in [3.05, 3.63) is 15.6 Å². The number of thiazole rings is 1. The maximum Gasteiger partial charge on any atom is 0.110 e. The molecule has 74 valence electrons. The SMILES string of the molecule is Br.Cc1nc(C2CCCN2)sc1C. The second-order valence-electron chi connectivity index (χ2n) is 3.34. The summed E-state index contributed by atoms with van der Waals surface area (Å²) in [5.74, 6) is 0. The van der Waals surface area contributed by atoms with E-state index in [0.29, 0.717) is 6.04 Å². The fourth-order valence-corrected chi connectivity index (χ4v) is 2.57. The summed E-state index contributed by atoms with van der Waals surface area (Å²) >= 11 is 1.84. The second-order valence-corrected chi connectivity index (χ2v) is 4.58. The number of halogens is 1. The zero-order valence-corrected chi connectivity index (χ0v) is 10.5. The molecule has 1 N–H and O–H groups in total. The molecule has 0 saturated carbocycles. The predicted octanol–water partition coefficient (Wildman–Crippen LogP) is 2.76. The molecule has 13 heavy (non-hydrogen) atoms. The second kappa shape index (κ2) is 4.53. The Balaban J connectivity index is 0.000000845. The number of hydrogen-bond donors (Lipinski definition) is 1. The lowest BCUT2D eigenvalue weighted by Crippen LogP contribution is -2.12. The molecule has 2 rings (SSSR count). The molecule has 2 nitrogen and oxygen atoms in total. The fraction of sp³-hybridized carbons (Fsp3) is 0.667. The molecule has 0 radical (unpaired) electrons. The van der Waals surface area contributed by atoms with Gasteiger partial charge in [0.25, 0.3) is 0 Å². The van der Waals surface area contributed by atoms with Crippen LogP contribution >= 0.6 is 28.3 Å². The largest absolute Gasteiger partial charge is 0.308 e. The Hall–Kier alpha value is 0.0700. The van der Waals surface area contributed by atoms with E-state index < -0.39 is 0 Å². The Morgan fingerprint density at radius 3 is 2.69 bits per heavy atom. The minimum absolute atomic E-state index is 0. The molecule has 0 bridgehead atoms. The van der Waals surface area contributed by atoms with Crippen molar-refractivity contribution in [2.24, 2.45) is 0 Å². The topological polar surface area (TPSA) is 24.9 Å². The van der Waals surface area contributed by atoms with Gasteiger partial charge in [0.15, 0.2) is 0 Å². The van der Waals surface area contributed by atoms with Crippen molar-refractivity contribution < 1.29 is 0 Å². The molecular weight excluding hydrogens is 248 g/mol. The van der Waals surface area contributed by atoms with Crippen LogP contribution in [-0.2, 0) is 0 Å². The highest BCUT2D eigenvalue weighted by atomic mass is 79.9. The van der Waals surface area contributed by atoms with E-state index in [0.717, 1.165) is 6.54 Å². The average Bonchev–Trinajstić information content (AvgIpc) is 2.61. The molecule has 1 aliphatic heterocycles. The van der Waals surface area contributed by atoms with Crippen molar-refractivity contribution in [2.75, 3.05) is 6.54 Å². The molecule has 1 aromatic rings. The van der Waals surface area contributed by atoms with Crippen LogP contribution in [0.1, 0.15) is 34.5 Å². The molecule has 2 heterocycles. The van der Waals surface area contributed by atoms with Gasteiger partial charge in [0, 0.05) is 4.88 Å². The third kappa shape index (κ3) is 2.30. The van der Waals surface area contributed by atoms with Gasteiger partial charge in [-0.15, -0.1) is 28.3 Å². The molecule has 1 atom stereocenters. The average molecular weight is 263 g/mol. The highest BCUT2D eigenvalue weighted by Crippen LogP contribution is 2.28. The first-order chi connectivity index (χ1) is 5.77. The third-order valence-corrected chi connectivity index (χ3v) is 3.59. The van der Waals surface area contributed by atoms with Gasteiger partial charge in [0.05, 0.1) is 11.7 Å². The maximum absolute atomic E-state index is 4.55. The first kappa shape index (κ1) is 11.1. The Bertz CT molecular complexity index is 260. The number of rotatable bonds is 1. The predicted molar refractivity (Wildman–Crippen MR) is 61.9 cm³/mol. The first-order valence-electron chi connectivity index (χ1n) is 4.44. The van der Waals surface area contributed by atoms with E-state index >= 15 is 0 Å². The highest BCUT2D eigenvalue weighted by Gasteiger charge is 2.19. The van der Waals surface area contributed by atoms with Crippen molar-refractivity contribution in [1.29, 1.82) is 0 Å². The van der Waals surface area contributed by atoms with Crippen LogP contribution in [0.15, 0.2) is 0 Å². The molecule has 4 heteroatoms. The maximum atomic E-state index is 4.55. The van der Waals surface area contributed by atoms with Crippen molar-refractivity contribution in [3.63, 3.8) is 0 Å². The van der Waals surface area contributed by atoms with Crippen LogP contribution in [0.4, 0.5) is 0 Å². The summed E-state index contributed by atoms with van der Waals surface area (Å²) in [6.45, 7) is 5.39. The Labute approximate surface area is 93.5 Å². The number of nitrogens with zero attached hydrogens (tertiary/aromatic N) is 1. The van der Waals surface area contributed by atoms with Crippen LogP contribution in [-0.4, -0.2) is 11.5 Å². The summed E-state index contributed by atoms with van der Waals surface area (Å²) in [6, 6.07) is 0.544. The Kier molecular flexibility index (Phi) is 3.88. The summed E-state index contributed by atoms with van der Waals surface area (Å²) in [5, 5.41) is 4.74. The minimum atomic E-state index is 0. The van der Waals surface area contributed by atoms with Crippen LogP contribution in [0.5, 0.6) is 0 Å². The highest BCUT2D eigenvalue weighted by molar-refractivity contribution is 8.93. The van der Waals surface area contributed by atoms with E-state index in [1.54, 1.807) is 0 Å². The molecule has 1 fully saturated rings. The molecule has 0 spiro atoms. The number of aryl methyl sites for hydroxylation is 2. The number of nitrogens with one attached hydrogen (secondary N) is 1. The van der Waals surface area contributed by atoms with E-state index in [-0.39, 0.29) is 17.0 Å². The molecule has 1 aromatic heterocycles. The van der Waals surface area contributed by atoms with E-state index in [9.17, 15) is 0 Å². The van der Waals surface area contributed by atoms with Crippen LogP contribution < -0.4 is 5.32 Å². The normalized spacial score (nSPS) is 21.5. The Morgan fingerprint density at radius 1 is 1.46 bits per heavy atom. The van der Waals surface area contributed by atoms with E-state index in [1.165, 1.54) is 28.4 Å². The van der Waals surface area contributed by atoms with Crippen LogP contribution in [0.2, 0.25) is 0 Å². The van der Waals surface area contributed by atoms with Gasteiger partial charge in [-0.1, -0.05) is 0 Å². The molecule has 1 unspecified atom stereocenters. The van der Waals surface area contributed by atoms with Crippen molar-refractivity contribution in [1.82, 2.24) is 10.3 Å². The lowest BCUT2D eigenvalue weighted by Gasteiger charge is -2.03.